The average Bonchev–Trinajstić information content (AvgIpc) is 3.27. The van der Waals surface area contributed by atoms with Gasteiger partial charge in [0.1, 0.15) is 6.54 Å². The summed E-state index contributed by atoms with van der Waals surface area (Å²) in [5.41, 5.74) is 1.79. The molecule has 1 aliphatic rings. The van der Waals surface area contributed by atoms with Crippen LogP contribution in [0.3, 0.4) is 0 Å². The van der Waals surface area contributed by atoms with Crippen LogP contribution in [-0.2, 0) is 5.54 Å². The molecule has 142 valence electrons. The summed E-state index contributed by atoms with van der Waals surface area (Å²) in [6.07, 6.45) is -2.49. The van der Waals surface area contributed by atoms with E-state index in [-0.39, 0.29) is 17.0 Å². The molecule has 0 saturated heterocycles. The molecule has 26 heavy (non-hydrogen) atoms. The Morgan fingerprint density at radius 1 is 1.31 bits per heavy atom. The van der Waals surface area contributed by atoms with E-state index in [0.717, 1.165) is 18.5 Å². The van der Waals surface area contributed by atoms with Crippen LogP contribution in [0.1, 0.15) is 61.3 Å². The number of carbonyl (C=O) groups is 1. The molecule has 1 amide bonds. The summed E-state index contributed by atoms with van der Waals surface area (Å²) in [7, 11) is 1.17. The first-order valence-electron chi connectivity index (χ1n) is 8.61. The van der Waals surface area contributed by atoms with Crippen molar-refractivity contribution in [3.63, 3.8) is 0 Å². The zero-order valence-corrected chi connectivity index (χ0v) is 15.6. The molecule has 0 spiro atoms. The Kier molecular flexibility index (Phi) is 4.28. The number of aryl methyl sites for hydroxylation is 1. The van der Waals surface area contributed by atoms with E-state index in [2.05, 4.69) is 5.10 Å². The fourth-order valence-electron chi connectivity index (χ4n) is 3.08. The van der Waals surface area contributed by atoms with Crippen LogP contribution in [0.15, 0.2) is 6.07 Å². The van der Waals surface area contributed by atoms with Gasteiger partial charge >= 0.3 is 6.18 Å². The van der Waals surface area contributed by atoms with Crippen LogP contribution in [0.2, 0.25) is 0 Å². The lowest BCUT2D eigenvalue weighted by atomic mass is 10.1. The Bertz CT molecular complexity index is 860. The highest BCUT2D eigenvalue weighted by Crippen LogP contribution is 2.41. The Hall–Kier alpha value is -2.12. The normalized spacial score (nSPS) is 15.5. The van der Waals surface area contributed by atoms with Crippen molar-refractivity contribution in [1.29, 1.82) is 0 Å². The maximum atomic E-state index is 12.8. The Balaban J connectivity index is 2.18. The van der Waals surface area contributed by atoms with Gasteiger partial charge in [0.15, 0.2) is 5.65 Å². The van der Waals surface area contributed by atoms with E-state index in [9.17, 15) is 18.0 Å². The second-order valence-corrected chi connectivity index (χ2v) is 8.01. The maximum absolute atomic E-state index is 12.8. The predicted molar refractivity (Wildman–Crippen MR) is 92.3 cm³/mol. The van der Waals surface area contributed by atoms with Gasteiger partial charge in [0, 0.05) is 18.7 Å². The number of alkyl halides is 3. The third-order valence-electron chi connectivity index (χ3n) is 4.46. The van der Waals surface area contributed by atoms with Crippen molar-refractivity contribution in [1.82, 2.24) is 19.7 Å². The number of amides is 1. The van der Waals surface area contributed by atoms with Crippen molar-refractivity contribution in [3.8, 4) is 0 Å². The van der Waals surface area contributed by atoms with Gasteiger partial charge in [-0.25, -0.2) is 9.67 Å². The summed E-state index contributed by atoms with van der Waals surface area (Å²) in [6.45, 7) is 6.38. The van der Waals surface area contributed by atoms with Gasteiger partial charge in [-0.1, -0.05) is 0 Å². The maximum Gasteiger partial charge on any atom is 0.406 e. The molecule has 2 aromatic heterocycles. The summed E-state index contributed by atoms with van der Waals surface area (Å²) < 4.78 is 39.9. The first-order valence-corrected chi connectivity index (χ1v) is 8.61. The van der Waals surface area contributed by atoms with Crippen molar-refractivity contribution < 1.29 is 18.0 Å². The average molecular weight is 368 g/mol. The molecule has 3 rings (SSSR count). The van der Waals surface area contributed by atoms with Crippen LogP contribution in [0.25, 0.3) is 11.0 Å². The lowest BCUT2D eigenvalue weighted by Gasteiger charge is -2.21. The molecule has 1 aliphatic carbocycles. The van der Waals surface area contributed by atoms with Gasteiger partial charge in [-0.15, -0.1) is 0 Å². The van der Waals surface area contributed by atoms with Crippen LogP contribution < -0.4 is 0 Å². The predicted octanol–water partition coefficient (Wildman–Crippen LogP) is 4.01. The van der Waals surface area contributed by atoms with Crippen molar-refractivity contribution in [3.05, 3.63) is 23.0 Å². The number of carbonyl (C=O) groups excluding carboxylic acids is 1. The number of pyridine rings is 1. The van der Waals surface area contributed by atoms with Crippen molar-refractivity contribution in [2.24, 2.45) is 0 Å². The first kappa shape index (κ1) is 18.7. The molecule has 5 nitrogen and oxygen atoms in total. The minimum absolute atomic E-state index is 0.247. The highest BCUT2D eigenvalue weighted by Gasteiger charge is 2.34. The molecule has 0 N–H and O–H groups in total. The largest absolute Gasteiger partial charge is 0.406 e. The van der Waals surface area contributed by atoms with E-state index in [1.165, 1.54) is 7.05 Å². The van der Waals surface area contributed by atoms with E-state index in [1.807, 2.05) is 20.8 Å². The number of nitrogens with zero attached hydrogens (tertiary/aromatic N) is 4. The van der Waals surface area contributed by atoms with Crippen LogP contribution in [-0.4, -0.2) is 45.3 Å². The molecule has 1 saturated carbocycles. The third-order valence-corrected chi connectivity index (χ3v) is 4.46. The molecule has 0 bridgehead atoms. The summed E-state index contributed by atoms with van der Waals surface area (Å²) in [5.74, 6) is -0.393. The van der Waals surface area contributed by atoms with Crippen molar-refractivity contribution >= 4 is 16.9 Å². The van der Waals surface area contributed by atoms with E-state index >= 15 is 0 Å². The summed E-state index contributed by atoms with van der Waals surface area (Å²) in [4.78, 5) is 18.2. The fraction of sp³-hybridized carbons (Fsp3) is 0.611. The van der Waals surface area contributed by atoms with Gasteiger partial charge < -0.3 is 4.90 Å². The zero-order valence-electron chi connectivity index (χ0n) is 15.6. The van der Waals surface area contributed by atoms with E-state index in [4.69, 9.17) is 4.98 Å². The van der Waals surface area contributed by atoms with Crippen molar-refractivity contribution in [2.75, 3.05) is 13.6 Å². The molecule has 8 heteroatoms. The summed E-state index contributed by atoms with van der Waals surface area (Å²) in [6, 6.07) is 1.65. The first-order chi connectivity index (χ1) is 11.9. The topological polar surface area (TPSA) is 51.0 Å². The number of aromatic nitrogens is 3. The smallest absolute Gasteiger partial charge is 0.333 e. The Morgan fingerprint density at radius 3 is 2.42 bits per heavy atom. The molecular formula is C18H23F3N4O. The van der Waals surface area contributed by atoms with Gasteiger partial charge in [0.05, 0.1) is 22.2 Å². The molecule has 0 radical (unpaired) electrons. The Labute approximate surface area is 150 Å². The molecule has 0 aliphatic heterocycles. The minimum Gasteiger partial charge on any atom is -0.333 e. The molecule has 0 unspecified atom stereocenters. The second kappa shape index (κ2) is 5.96. The van der Waals surface area contributed by atoms with Crippen LogP contribution >= 0.6 is 0 Å². The fourth-order valence-corrected chi connectivity index (χ4v) is 3.08. The number of halogens is 3. The molecule has 2 heterocycles. The van der Waals surface area contributed by atoms with Gasteiger partial charge in [-0.2, -0.15) is 18.3 Å². The van der Waals surface area contributed by atoms with Crippen LogP contribution in [0.4, 0.5) is 13.2 Å². The lowest BCUT2D eigenvalue weighted by Crippen LogP contribution is -2.36. The molecule has 2 aromatic rings. The highest BCUT2D eigenvalue weighted by molar-refractivity contribution is 6.06. The van der Waals surface area contributed by atoms with E-state index < -0.39 is 18.6 Å². The van der Waals surface area contributed by atoms with Crippen LogP contribution in [0, 0.1) is 6.92 Å². The second-order valence-electron chi connectivity index (χ2n) is 8.01. The number of rotatable bonds is 3. The monoisotopic (exact) mass is 368 g/mol. The van der Waals surface area contributed by atoms with Gasteiger partial charge in [-0.3, -0.25) is 4.79 Å². The van der Waals surface area contributed by atoms with E-state index in [1.54, 1.807) is 17.7 Å². The SMILES string of the molecule is Cc1nn(C(C)(C)C)c2nc(C3CC3)cc(C(=O)N(C)CC(F)(F)F)c12. The van der Waals surface area contributed by atoms with Crippen LogP contribution in [0.5, 0.6) is 0 Å². The molecule has 0 aromatic carbocycles. The third kappa shape index (κ3) is 3.54. The number of hydrogen-bond donors (Lipinski definition) is 0. The minimum atomic E-state index is -4.44. The quantitative estimate of drug-likeness (QED) is 0.823. The van der Waals surface area contributed by atoms with Gasteiger partial charge in [0.2, 0.25) is 0 Å². The van der Waals surface area contributed by atoms with Gasteiger partial charge in [-0.05, 0) is 46.6 Å². The number of fused-ring (bicyclic) bond motifs is 1. The Morgan fingerprint density at radius 2 is 1.92 bits per heavy atom. The molecule has 0 atom stereocenters. The molecule has 1 fully saturated rings. The lowest BCUT2D eigenvalue weighted by molar-refractivity contribution is -0.138. The standard InChI is InChI=1S/C18H23F3N4O/c1-10-14-12(16(26)24(5)9-18(19,20)21)8-13(11-6-7-11)22-15(14)25(23-10)17(2,3)4/h8,11H,6-7,9H2,1-5H3. The molecular weight excluding hydrogens is 345 g/mol. The summed E-state index contributed by atoms with van der Waals surface area (Å²) in [5, 5.41) is 5.05. The highest BCUT2D eigenvalue weighted by atomic mass is 19.4. The summed E-state index contributed by atoms with van der Waals surface area (Å²) >= 11 is 0. The van der Waals surface area contributed by atoms with Crippen molar-refractivity contribution in [2.45, 2.75) is 58.2 Å². The zero-order chi connectivity index (χ0) is 19.4. The van der Waals surface area contributed by atoms with Gasteiger partial charge in [0.25, 0.3) is 5.91 Å². The van der Waals surface area contributed by atoms with E-state index in [0.29, 0.717) is 21.6 Å². The number of hydrogen-bond acceptors (Lipinski definition) is 3.